The Morgan fingerprint density at radius 1 is 1.40 bits per heavy atom. The molecular weight excluding hydrogens is 256 g/mol. The molecule has 3 heterocycles. The lowest BCUT2D eigenvalue weighted by Gasteiger charge is -2.22. The molecule has 1 N–H and O–H groups in total. The van der Waals surface area contributed by atoms with Gasteiger partial charge >= 0.3 is 6.09 Å². The van der Waals surface area contributed by atoms with Gasteiger partial charge in [-0.25, -0.2) is 14.8 Å². The molecular formula is C14H20N4O2. The Bertz CT molecular complexity index is 488. The number of ether oxygens (including phenoxy) is 1. The van der Waals surface area contributed by atoms with E-state index in [0.717, 1.165) is 25.2 Å². The van der Waals surface area contributed by atoms with E-state index in [0.29, 0.717) is 18.3 Å². The maximum absolute atomic E-state index is 11.7. The van der Waals surface area contributed by atoms with Crippen molar-refractivity contribution in [2.75, 3.05) is 24.5 Å². The van der Waals surface area contributed by atoms with Crippen LogP contribution in [0.15, 0.2) is 12.4 Å². The molecule has 1 aromatic heterocycles. The first-order valence-electron chi connectivity index (χ1n) is 7.22. The average Bonchev–Trinajstić information content (AvgIpc) is 2.79. The summed E-state index contributed by atoms with van der Waals surface area (Å²) in [6, 6.07) is 1.92. The molecule has 108 valence electrons. The first kappa shape index (κ1) is 13.3. The number of carbonyl (C=O) groups is 1. The summed E-state index contributed by atoms with van der Waals surface area (Å²) in [7, 11) is 0. The van der Waals surface area contributed by atoms with Gasteiger partial charge in [-0.3, -0.25) is 4.90 Å². The molecule has 2 fully saturated rings. The van der Waals surface area contributed by atoms with Crippen LogP contribution in [0.2, 0.25) is 0 Å². The van der Waals surface area contributed by atoms with Gasteiger partial charge in [-0.15, -0.1) is 0 Å². The Kier molecular flexibility index (Phi) is 3.82. The molecule has 20 heavy (non-hydrogen) atoms. The fourth-order valence-corrected chi connectivity index (χ4v) is 2.82. The molecule has 1 amide bonds. The molecule has 0 spiro atoms. The van der Waals surface area contributed by atoms with Gasteiger partial charge in [0.15, 0.2) is 0 Å². The van der Waals surface area contributed by atoms with Crippen molar-refractivity contribution in [2.45, 2.75) is 32.3 Å². The van der Waals surface area contributed by atoms with E-state index in [1.54, 1.807) is 11.2 Å². The third-order valence-electron chi connectivity index (χ3n) is 3.90. The number of nitrogens with one attached hydrogen (secondary N) is 1. The molecule has 0 radical (unpaired) electrons. The van der Waals surface area contributed by atoms with E-state index in [1.807, 2.05) is 13.0 Å². The Balaban J connectivity index is 1.70. The zero-order valence-electron chi connectivity index (χ0n) is 11.7. The summed E-state index contributed by atoms with van der Waals surface area (Å²) in [5.41, 5.74) is 1.01. The molecule has 1 unspecified atom stereocenters. The zero-order chi connectivity index (χ0) is 13.9. The third kappa shape index (κ3) is 2.90. The topological polar surface area (TPSA) is 67.3 Å². The van der Waals surface area contributed by atoms with Crippen LogP contribution in [-0.2, 0) is 11.2 Å². The highest BCUT2D eigenvalue weighted by molar-refractivity contribution is 5.88. The molecule has 0 aliphatic carbocycles. The van der Waals surface area contributed by atoms with Crippen molar-refractivity contribution in [3.05, 3.63) is 18.1 Å². The van der Waals surface area contributed by atoms with Gasteiger partial charge in [0, 0.05) is 11.8 Å². The van der Waals surface area contributed by atoms with Gasteiger partial charge in [-0.1, -0.05) is 0 Å². The lowest BCUT2D eigenvalue weighted by atomic mass is 9.93. The van der Waals surface area contributed by atoms with Gasteiger partial charge in [0.25, 0.3) is 0 Å². The predicted octanol–water partition coefficient (Wildman–Crippen LogP) is 1.36. The number of carbonyl (C=O) groups excluding carboxylic acids is 1. The Hall–Kier alpha value is -1.69. The molecule has 0 saturated carbocycles. The van der Waals surface area contributed by atoms with Crippen molar-refractivity contribution in [3.63, 3.8) is 0 Å². The summed E-state index contributed by atoms with van der Waals surface area (Å²) in [4.78, 5) is 21.8. The third-order valence-corrected chi connectivity index (χ3v) is 3.90. The minimum atomic E-state index is -0.316. The van der Waals surface area contributed by atoms with Crippen LogP contribution in [-0.4, -0.2) is 41.8 Å². The lowest BCUT2D eigenvalue weighted by molar-refractivity contribution is 0.150. The number of nitrogens with zero attached hydrogens (tertiary/aromatic N) is 3. The monoisotopic (exact) mass is 276 g/mol. The fraction of sp³-hybridized carbons (Fsp3) is 0.643. The Morgan fingerprint density at radius 3 is 2.90 bits per heavy atom. The van der Waals surface area contributed by atoms with Gasteiger partial charge in [0.1, 0.15) is 18.2 Å². The summed E-state index contributed by atoms with van der Waals surface area (Å²) in [5.74, 6) is 1.32. The van der Waals surface area contributed by atoms with Crippen molar-refractivity contribution < 1.29 is 9.53 Å². The molecule has 2 aliphatic heterocycles. The van der Waals surface area contributed by atoms with Gasteiger partial charge < -0.3 is 10.1 Å². The van der Waals surface area contributed by atoms with Crippen molar-refractivity contribution in [1.29, 1.82) is 0 Å². The van der Waals surface area contributed by atoms with E-state index in [1.165, 1.54) is 12.8 Å². The second-order valence-corrected chi connectivity index (χ2v) is 5.57. The molecule has 6 heteroatoms. The van der Waals surface area contributed by atoms with Crippen LogP contribution in [0.25, 0.3) is 0 Å². The smallest absolute Gasteiger partial charge is 0.415 e. The van der Waals surface area contributed by atoms with Crippen LogP contribution < -0.4 is 10.2 Å². The molecule has 3 rings (SSSR count). The summed E-state index contributed by atoms with van der Waals surface area (Å²) in [5, 5.41) is 3.37. The maximum atomic E-state index is 11.7. The van der Waals surface area contributed by atoms with Crippen LogP contribution in [0.4, 0.5) is 10.6 Å². The first-order chi connectivity index (χ1) is 9.72. The van der Waals surface area contributed by atoms with Crippen LogP contribution in [0, 0.1) is 5.92 Å². The summed E-state index contributed by atoms with van der Waals surface area (Å²) in [6.07, 6.45) is 4.47. The van der Waals surface area contributed by atoms with Gasteiger partial charge in [0.2, 0.25) is 0 Å². The highest BCUT2D eigenvalue weighted by Crippen LogP contribution is 2.22. The number of anilines is 1. The Labute approximate surface area is 118 Å². The lowest BCUT2D eigenvalue weighted by Crippen LogP contribution is -2.29. The van der Waals surface area contributed by atoms with Crippen molar-refractivity contribution in [3.8, 4) is 0 Å². The molecule has 0 bridgehead atoms. The largest absolute Gasteiger partial charge is 0.444 e. The van der Waals surface area contributed by atoms with E-state index in [4.69, 9.17) is 4.74 Å². The number of hydrogen-bond acceptors (Lipinski definition) is 5. The summed E-state index contributed by atoms with van der Waals surface area (Å²) in [6.45, 7) is 4.61. The van der Waals surface area contributed by atoms with Crippen molar-refractivity contribution in [2.24, 2.45) is 5.92 Å². The van der Waals surface area contributed by atoms with E-state index in [2.05, 4.69) is 15.3 Å². The zero-order valence-corrected chi connectivity index (χ0v) is 11.7. The van der Waals surface area contributed by atoms with Crippen molar-refractivity contribution >= 4 is 11.9 Å². The number of amides is 1. The fourth-order valence-electron chi connectivity index (χ4n) is 2.82. The van der Waals surface area contributed by atoms with E-state index < -0.39 is 0 Å². The standard InChI is InChI=1S/C14H20N4O2/c1-10-8-18(14(19)20-10)13-7-12(16-9-17-13)6-11-2-4-15-5-3-11/h7,9-11,15H,2-6,8H2,1H3. The number of piperidine rings is 1. The normalized spacial score (nSPS) is 23.9. The average molecular weight is 276 g/mol. The quantitative estimate of drug-likeness (QED) is 0.903. The molecule has 1 atom stereocenters. The second kappa shape index (κ2) is 5.75. The second-order valence-electron chi connectivity index (χ2n) is 5.57. The predicted molar refractivity (Wildman–Crippen MR) is 74.6 cm³/mol. The molecule has 1 aromatic rings. The maximum Gasteiger partial charge on any atom is 0.415 e. The minimum absolute atomic E-state index is 0.0784. The highest BCUT2D eigenvalue weighted by atomic mass is 16.6. The SMILES string of the molecule is CC1CN(c2cc(CC3CCNCC3)ncn2)C(=O)O1. The highest BCUT2D eigenvalue weighted by Gasteiger charge is 2.30. The molecule has 0 aromatic carbocycles. The Morgan fingerprint density at radius 2 is 2.20 bits per heavy atom. The van der Waals surface area contributed by atoms with Gasteiger partial charge in [0.05, 0.1) is 6.54 Å². The number of cyclic esters (lactones) is 1. The van der Waals surface area contributed by atoms with Gasteiger partial charge in [-0.05, 0) is 45.2 Å². The first-order valence-corrected chi connectivity index (χ1v) is 7.22. The minimum Gasteiger partial charge on any atom is -0.444 e. The summed E-state index contributed by atoms with van der Waals surface area (Å²) < 4.78 is 5.14. The summed E-state index contributed by atoms with van der Waals surface area (Å²) >= 11 is 0. The number of aromatic nitrogens is 2. The van der Waals surface area contributed by atoms with E-state index in [-0.39, 0.29) is 12.2 Å². The van der Waals surface area contributed by atoms with Crippen LogP contribution in [0.1, 0.15) is 25.5 Å². The molecule has 2 aliphatic rings. The van der Waals surface area contributed by atoms with Crippen LogP contribution in [0.3, 0.4) is 0 Å². The van der Waals surface area contributed by atoms with E-state index >= 15 is 0 Å². The van der Waals surface area contributed by atoms with Crippen LogP contribution >= 0.6 is 0 Å². The van der Waals surface area contributed by atoms with Gasteiger partial charge in [-0.2, -0.15) is 0 Å². The van der Waals surface area contributed by atoms with Crippen LogP contribution in [0.5, 0.6) is 0 Å². The van der Waals surface area contributed by atoms with Crippen molar-refractivity contribution in [1.82, 2.24) is 15.3 Å². The number of hydrogen-bond donors (Lipinski definition) is 1. The molecule has 2 saturated heterocycles. The van der Waals surface area contributed by atoms with E-state index in [9.17, 15) is 4.79 Å². The molecule has 6 nitrogen and oxygen atoms in total. The number of rotatable bonds is 3.